The Bertz CT molecular complexity index is 372. The monoisotopic (exact) mass is 237 g/mol. The van der Waals surface area contributed by atoms with E-state index >= 15 is 0 Å². The molecule has 1 aliphatic rings. The van der Waals surface area contributed by atoms with Crippen molar-refractivity contribution in [3.8, 4) is 0 Å². The number of carbonyl (C=O) groups excluding carboxylic acids is 1. The molecule has 88 valence electrons. The molecule has 2 nitrogen and oxygen atoms in total. The molecule has 1 fully saturated rings. The van der Waals surface area contributed by atoms with E-state index in [1.54, 1.807) is 11.3 Å². The molecule has 0 aromatic carbocycles. The molecular weight excluding hydrogens is 218 g/mol. The van der Waals surface area contributed by atoms with Crippen molar-refractivity contribution in [1.82, 2.24) is 4.90 Å². The van der Waals surface area contributed by atoms with E-state index < -0.39 is 0 Å². The van der Waals surface area contributed by atoms with Crippen LogP contribution in [-0.2, 0) is 6.42 Å². The molecule has 0 N–H and O–H groups in total. The van der Waals surface area contributed by atoms with E-state index in [1.807, 2.05) is 6.07 Å². The minimum atomic E-state index is 0.291. The zero-order valence-electron chi connectivity index (χ0n) is 10.0. The summed E-state index contributed by atoms with van der Waals surface area (Å²) in [5, 5.41) is 0. The Morgan fingerprint density at radius 3 is 2.94 bits per heavy atom. The topological polar surface area (TPSA) is 20.3 Å². The lowest BCUT2D eigenvalue weighted by Gasteiger charge is -2.12. The second-order valence-electron chi connectivity index (χ2n) is 4.67. The second kappa shape index (κ2) is 5.11. The van der Waals surface area contributed by atoms with Crippen LogP contribution in [0.3, 0.4) is 0 Å². The summed E-state index contributed by atoms with van der Waals surface area (Å²) < 4.78 is 0. The maximum atomic E-state index is 12.0. The van der Waals surface area contributed by atoms with E-state index in [1.165, 1.54) is 11.3 Å². The average molecular weight is 237 g/mol. The minimum absolute atomic E-state index is 0.291. The van der Waals surface area contributed by atoms with Gasteiger partial charge in [0.1, 0.15) is 0 Å². The first-order chi connectivity index (χ1) is 7.69. The van der Waals surface area contributed by atoms with Crippen molar-refractivity contribution in [3.05, 3.63) is 21.9 Å². The highest BCUT2D eigenvalue weighted by molar-refractivity contribution is 7.14. The van der Waals surface area contributed by atoms with Gasteiger partial charge in [0, 0.05) is 11.4 Å². The van der Waals surface area contributed by atoms with Gasteiger partial charge in [0.2, 0.25) is 0 Å². The van der Waals surface area contributed by atoms with Gasteiger partial charge in [0.15, 0.2) is 5.78 Å². The summed E-state index contributed by atoms with van der Waals surface area (Å²) in [4.78, 5) is 16.5. The number of Topliss-reactive ketones (excluding diaryl/α,β-unsaturated/α-hetero) is 1. The Morgan fingerprint density at radius 1 is 1.56 bits per heavy atom. The largest absolute Gasteiger partial charge is 0.296 e. The second-order valence-corrected chi connectivity index (χ2v) is 5.84. The fourth-order valence-electron chi connectivity index (χ4n) is 2.17. The Hall–Kier alpha value is -0.670. The number of nitrogens with zero attached hydrogens (tertiary/aromatic N) is 1. The molecule has 0 spiro atoms. The third-order valence-electron chi connectivity index (χ3n) is 3.16. The first-order valence-corrected chi connectivity index (χ1v) is 6.85. The predicted molar refractivity (Wildman–Crippen MR) is 68.2 cm³/mol. The van der Waals surface area contributed by atoms with Crippen molar-refractivity contribution in [2.45, 2.75) is 26.7 Å². The van der Waals surface area contributed by atoms with Crippen LogP contribution in [0, 0.1) is 5.92 Å². The molecule has 0 radical (unpaired) electrons. The summed E-state index contributed by atoms with van der Waals surface area (Å²) in [6.45, 7) is 7.15. The zero-order chi connectivity index (χ0) is 11.5. The first-order valence-electron chi connectivity index (χ1n) is 6.03. The van der Waals surface area contributed by atoms with Crippen LogP contribution in [-0.4, -0.2) is 30.3 Å². The standard InChI is InChI=1S/C13H19NOS/c1-3-11-4-5-13(16-11)12(15)9-14-7-6-10(2)8-14/h4-5,10H,3,6-9H2,1-2H3. The van der Waals surface area contributed by atoms with Crippen molar-refractivity contribution in [1.29, 1.82) is 0 Å². The predicted octanol–water partition coefficient (Wildman–Crippen LogP) is 2.84. The van der Waals surface area contributed by atoms with Gasteiger partial charge in [-0.15, -0.1) is 11.3 Å². The summed E-state index contributed by atoms with van der Waals surface area (Å²) >= 11 is 1.65. The average Bonchev–Trinajstić information content (AvgIpc) is 2.87. The van der Waals surface area contributed by atoms with Gasteiger partial charge in [0.25, 0.3) is 0 Å². The van der Waals surface area contributed by atoms with Gasteiger partial charge >= 0.3 is 0 Å². The van der Waals surface area contributed by atoms with Crippen LogP contribution in [0.25, 0.3) is 0 Å². The Kier molecular flexibility index (Phi) is 3.77. The number of likely N-dealkylation sites (tertiary alicyclic amines) is 1. The first kappa shape index (κ1) is 11.8. The highest BCUT2D eigenvalue weighted by Crippen LogP contribution is 2.20. The fourth-order valence-corrected chi connectivity index (χ4v) is 3.05. The van der Waals surface area contributed by atoms with Crippen molar-refractivity contribution >= 4 is 17.1 Å². The van der Waals surface area contributed by atoms with Gasteiger partial charge in [-0.3, -0.25) is 9.69 Å². The molecule has 1 aromatic heterocycles. The van der Waals surface area contributed by atoms with Crippen molar-refractivity contribution in [3.63, 3.8) is 0 Å². The minimum Gasteiger partial charge on any atom is -0.296 e. The van der Waals surface area contributed by atoms with E-state index in [4.69, 9.17) is 0 Å². The highest BCUT2D eigenvalue weighted by Gasteiger charge is 2.21. The molecule has 0 aliphatic carbocycles. The van der Waals surface area contributed by atoms with Gasteiger partial charge in [-0.05, 0) is 37.4 Å². The van der Waals surface area contributed by atoms with Crippen LogP contribution in [0.1, 0.15) is 34.8 Å². The number of rotatable bonds is 4. The Labute approximate surface area is 101 Å². The van der Waals surface area contributed by atoms with E-state index in [2.05, 4.69) is 24.8 Å². The number of carbonyl (C=O) groups is 1. The molecule has 16 heavy (non-hydrogen) atoms. The van der Waals surface area contributed by atoms with E-state index in [-0.39, 0.29) is 0 Å². The van der Waals surface area contributed by atoms with Gasteiger partial charge in [-0.2, -0.15) is 0 Å². The van der Waals surface area contributed by atoms with Gasteiger partial charge in [-0.25, -0.2) is 0 Å². The van der Waals surface area contributed by atoms with Crippen LogP contribution in [0.5, 0.6) is 0 Å². The van der Waals surface area contributed by atoms with Gasteiger partial charge in [0.05, 0.1) is 11.4 Å². The van der Waals surface area contributed by atoms with E-state index in [9.17, 15) is 4.79 Å². The van der Waals surface area contributed by atoms with Crippen LogP contribution >= 0.6 is 11.3 Å². The molecule has 2 rings (SSSR count). The van der Waals surface area contributed by atoms with Crippen LogP contribution in [0.15, 0.2) is 12.1 Å². The molecule has 1 saturated heterocycles. The Balaban J connectivity index is 1.92. The SMILES string of the molecule is CCc1ccc(C(=O)CN2CCC(C)C2)s1. The molecular formula is C13H19NOS. The maximum Gasteiger partial charge on any atom is 0.186 e. The van der Waals surface area contributed by atoms with E-state index in [0.29, 0.717) is 12.3 Å². The summed E-state index contributed by atoms with van der Waals surface area (Å²) in [7, 11) is 0. The van der Waals surface area contributed by atoms with Gasteiger partial charge < -0.3 is 0 Å². The fraction of sp³-hybridized carbons (Fsp3) is 0.615. The quantitative estimate of drug-likeness (QED) is 0.751. The Morgan fingerprint density at radius 2 is 2.38 bits per heavy atom. The van der Waals surface area contributed by atoms with Gasteiger partial charge in [-0.1, -0.05) is 13.8 Å². The summed E-state index contributed by atoms with van der Waals surface area (Å²) in [6.07, 6.45) is 2.26. The summed E-state index contributed by atoms with van der Waals surface area (Å²) in [5.74, 6) is 1.04. The van der Waals surface area contributed by atoms with E-state index in [0.717, 1.165) is 30.3 Å². The molecule has 2 heterocycles. The molecule has 1 atom stereocenters. The number of hydrogen-bond acceptors (Lipinski definition) is 3. The number of ketones is 1. The zero-order valence-corrected chi connectivity index (χ0v) is 10.8. The number of aryl methyl sites for hydroxylation is 1. The summed E-state index contributed by atoms with van der Waals surface area (Å²) in [6, 6.07) is 4.05. The molecule has 1 unspecified atom stereocenters. The van der Waals surface area contributed by atoms with Crippen LogP contribution in [0.2, 0.25) is 0 Å². The lowest BCUT2D eigenvalue weighted by atomic mass is 10.2. The lowest BCUT2D eigenvalue weighted by molar-refractivity contribution is 0.0948. The number of thiophene rings is 1. The molecule has 3 heteroatoms. The molecule has 0 saturated carbocycles. The third-order valence-corrected chi connectivity index (χ3v) is 4.43. The normalized spacial score (nSPS) is 21.5. The number of hydrogen-bond donors (Lipinski definition) is 0. The van der Waals surface area contributed by atoms with Crippen LogP contribution < -0.4 is 0 Å². The summed E-state index contributed by atoms with van der Waals surface area (Å²) in [5.41, 5.74) is 0. The molecule has 0 amide bonds. The smallest absolute Gasteiger partial charge is 0.186 e. The van der Waals surface area contributed by atoms with Crippen molar-refractivity contribution < 1.29 is 4.79 Å². The lowest BCUT2D eigenvalue weighted by Crippen LogP contribution is -2.27. The van der Waals surface area contributed by atoms with Crippen molar-refractivity contribution in [2.24, 2.45) is 5.92 Å². The third kappa shape index (κ3) is 2.71. The maximum absolute atomic E-state index is 12.0. The van der Waals surface area contributed by atoms with Crippen LogP contribution in [0.4, 0.5) is 0 Å². The molecule has 1 aromatic rings. The molecule has 1 aliphatic heterocycles. The van der Waals surface area contributed by atoms with Crippen molar-refractivity contribution in [2.75, 3.05) is 19.6 Å². The molecule has 0 bridgehead atoms. The highest BCUT2D eigenvalue weighted by atomic mass is 32.1.